The third-order valence-corrected chi connectivity index (χ3v) is 10.3. The van der Waals surface area contributed by atoms with Crippen molar-refractivity contribution in [2.75, 3.05) is 20.0 Å². The Morgan fingerprint density at radius 1 is 1.12 bits per heavy atom. The van der Waals surface area contributed by atoms with Crippen molar-refractivity contribution in [1.29, 1.82) is 0 Å². The van der Waals surface area contributed by atoms with Crippen LogP contribution in [0.2, 0.25) is 18.6 Å². The summed E-state index contributed by atoms with van der Waals surface area (Å²) < 4.78 is 2.61. The Morgan fingerprint density at radius 2 is 1.68 bits per heavy atom. The summed E-state index contributed by atoms with van der Waals surface area (Å²) in [6, 6.07) is 0. The van der Waals surface area contributed by atoms with E-state index in [1.54, 1.807) is 0 Å². The Morgan fingerprint density at radius 3 is 2.24 bits per heavy atom. The molecule has 1 heterocycles. The average Bonchev–Trinajstić information content (AvgIpc) is 2.97. The first-order valence-electron chi connectivity index (χ1n) is 8.89. The second-order valence-electron chi connectivity index (χ2n) is 7.45. The van der Waals surface area contributed by atoms with Crippen LogP contribution in [0.5, 0.6) is 0 Å². The van der Waals surface area contributed by atoms with Crippen molar-refractivity contribution in [2.24, 2.45) is 17.8 Å². The summed E-state index contributed by atoms with van der Waals surface area (Å²) >= 11 is -0.556. The van der Waals surface area contributed by atoms with Crippen LogP contribution in [0.3, 0.4) is 0 Å². The molecule has 1 saturated carbocycles. The Hall–Kier alpha value is 0.871. The third-order valence-electron chi connectivity index (χ3n) is 5.91. The van der Waals surface area contributed by atoms with E-state index >= 15 is 0 Å². The molecule has 0 aromatic rings. The molecular weight excluding hydrogens is 405 g/mol. The van der Waals surface area contributed by atoms with Gasteiger partial charge in [-0.25, -0.2) is 0 Å². The molecule has 25 heavy (non-hydrogen) atoms. The van der Waals surface area contributed by atoms with E-state index < -0.39 is 25.3 Å². The number of hydrogen-bond donors (Lipinski definition) is 0. The van der Waals surface area contributed by atoms with Crippen LogP contribution in [-0.2, 0) is 17.0 Å². The van der Waals surface area contributed by atoms with Gasteiger partial charge in [0.1, 0.15) is 8.24 Å². The third kappa shape index (κ3) is 5.92. The van der Waals surface area contributed by atoms with E-state index in [2.05, 4.69) is 59.5 Å². The van der Waals surface area contributed by atoms with Gasteiger partial charge >= 0.3 is 35.6 Å². The van der Waals surface area contributed by atoms with Crippen molar-refractivity contribution in [3.05, 3.63) is 42.4 Å². The van der Waals surface area contributed by atoms with Gasteiger partial charge < -0.3 is 22.6 Å². The van der Waals surface area contributed by atoms with Crippen LogP contribution >= 0.6 is 18.6 Å². The van der Waals surface area contributed by atoms with Crippen molar-refractivity contribution in [3.63, 3.8) is 0 Å². The predicted molar refractivity (Wildman–Crippen MR) is 111 cm³/mol. The van der Waals surface area contributed by atoms with Crippen LogP contribution in [0.25, 0.3) is 10.6 Å². The molecule has 4 atom stereocenters. The minimum absolute atomic E-state index is 0. The summed E-state index contributed by atoms with van der Waals surface area (Å²) in [5, 5.41) is 9.04. The number of halogens is 2. The molecule has 0 aromatic carbocycles. The van der Waals surface area contributed by atoms with Crippen LogP contribution in [0.4, 0.5) is 0 Å². The van der Waals surface area contributed by atoms with E-state index in [1.165, 1.54) is 19.3 Å². The molecule has 140 valence electrons. The van der Waals surface area contributed by atoms with Crippen molar-refractivity contribution in [1.82, 2.24) is 4.57 Å². The van der Waals surface area contributed by atoms with Crippen molar-refractivity contribution >= 4 is 26.8 Å². The Balaban J connectivity index is 0.000000730. The zero-order valence-corrected chi connectivity index (χ0v) is 20.0. The van der Waals surface area contributed by atoms with Gasteiger partial charge in [0.25, 0.3) is 0 Å². The molecule has 1 saturated heterocycles. The van der Waals surface area contributed by atoms with Gasteiger partial charge in [-0.2, -0.15) is 0 Å². The van der Waals surface area contributed by atoms with Crippen molar-refractivity contribution in [3.8, 4) is 0 Å². The Labute approximate surface area is 172 Å². The quantitative estimate of drug-likeness (QED) is 0.365. The van der Waals surface area contributed by atoms with Crippen molar-refractivity contribution < 1.29 is 17.0 Å². The van der Waals surface area contributed by atoms with E-state index in [0.717, 1.165) is 36.6 Å². The molecule has 0 radical (unpaired) electrons. The zero-order valence-electron chi connectivity index (χ0n) is 16.0. The van der Waals surface area contributed by atoms with E-state index in [-0.39, 0.29) is 7.43 Å². The summed E-state index contributed by atoms with van der Waals surface area (Å²) in [4.78, 5) is 0. The monoisotopic (exact) mass is 436 g/mol. The van der Waals surface area contributed by atoms with Crippen LogP contribution in [-0.4, -0.2) is 32.8 Å². The van der Waals surface area contributed by atoms with Gasteiger partial charge in [-0.15, -0.1) is 13.3 Å². The second kappa shape index (κ2) is 11.7. The number of rotatable bonds is 4. The van der Waals surface area contributed by atoms with E-state index in [1.807, 2.05) is 0 Å². The number of hydrogen-bond acceptors (Lipinski definition) is 1. The van der Waals surface area contributed by atoms with Gasteiger partial charge in [0, 0.05) is 0 Å². The van der Waals surface area contributed by atoms with Crippen molar-refractivity contribution in [2.45, 2.75) is 44.8 Å². The van der Waals surface area contributed by atoms with Crippen LogP contribution in [0.15, 0.2) is 24.3 Å². The molecule has 3 unspecified atom stereocenters. The standard InChI is InChI=1S/C17H29N3Si.CH3.2ClH.Ti/c1-4-7-14-10-17(16-9-6-5-8-15(14)16)21(2,3)20-12-18-11-19-13-20;;;;/h5-6,8-9,14-17H,4,7,10-13H2,1-3H3;1H3;2*1H;/q-2;-1;;;+6/p-2/t14-,15?,16?,17?;;;;/m0..../s1. The first-order valence-corrected chi connectivity index (χ1v) is 16.2. The number of allylic oxidation sites excluding steroid dienone is 4. The van der Waals surface area contributed by atoms with Gasteiger partial charge in [0.15, 0.2) is 0 Å². The summed E-state index contributed by atoms with van der Waals surface area (Å²) in [7, 11) is 8.29. The topological polar surface area (TPSA) is 31.4 Å². The summed E-state index contributed by atoms with van der Waals surface area (Å²) in [5.74, 6) is 2.43. The Bertz CT molecular complexity index is 442. The molecule has 0 N–H and O–H groups in total. The van der Waals surface area contributed by atoms with E-state index in [0.29, 0.717) is 6.67 Å². The SMILES string of the molecule is CCC[C@H]1CC([Si](C)(C)N2C[N-]C[N-]C2)C2C=CC=CC21.[CH3-].[Cl][Ti+4][Cl]. The van der Waals surface area contributed by atoms with Gasteiger partial charge in [-0.05, 0) is 29.7 Å². The molecule has 0 amide bonds. The van der Waals surface area contributed by atoms with Gasteiger partial charge in [0.2, 0.25) is 0 Å². The maximum absolute atomic E-state index is 4.89. The Kier molecular flexibility index (Phi) is 11.1. The molecular formula is C18H32Cl2N3SiTi+. The average molecular weight is 437 g/mol. The minimum atomic E-state index is -1.49. The fraction of sp³-hybridized carbons (Fsp3) is 0.722. The second-order valence-corrected chi connectivity index (χ2v) is 14.7. The van der Waals surface area contributed by atoms with Crippen LogP contribution in [0, 0.1) is 25.2 Å². The first-order chi connectivity index (χ1) is 11.6. The van der Waals surface area contributed by atoms with E-state index in [9.17, 15) is 0 Å². The molecule has 2 aliphatic carbocycles. The predicted octanol–water partition coefficient (Wildman–Crippen LogP) is 6.50. The molecule has 0 aromatic heterocycles. The number of nitrogens with zero attached hydrogens (tertiary/aromatic N) is 3. The molecule has 3 nitrogen and oxygen atoms in total. The summed E-state index contributed by atoms with van der Waals surface area (Å²) in [5.41, 5.74) is 0.851. The maximum atomic E-state index is 4.89. The molecule has 7 heteroatoms. The first kappa shape index (κ1) is 23.9. The number of fused-ring (bicyclic) bond motifs is 1. The summed E-state index contributed by atoms with van der Waals surface area (Å²) in [6.45, 7) is 9.95. The molecule has 1 aliphatic heterocycles. The fourth-order valence-corrected chi connectivity index (χ4v) is 8.19. The molecule has 3 aliphatic rings. The fourth-order valence-electron chi connectivity index (χ4n) is 4.64. The van der Waals surface area contributed by atoms with Crippen LogP contribution < -0.4 is 0 Å². The van der Waals surface area contributed by atoms with Crippen LogP contribution in [0.1, 0.15) is 26.2 Å². The van der Waals surface area contributed by atoms with Gasteiger partial charge in [0.05, 0.1) is 0 Å². The molecule has 3 rings (SSSR count). The summed E-state index contributed by atoms with van der Waals surface area (Å²) in [6.07, 6.45) is 13.6. The molecule has 2 fully saturated rings. The zero-order chi connectivity index (χ0) is 17.6. The molecule has 0 spiro atoms. The normalized spacial score (nSPS) is 31.9. The van der Waals surface area contributed by atoms with Gasteiger partial charge in [-0.1, -0.05) is 57.2 Å². The van der Waals surface area contributed by atoms with E-state index in [4.69, 9.17) is 18.6 Å². The van der Waals surface area contributed by atoms with Gasteiger partial charge in [-0.3, -0.25) is 6.67 Å². The molecule has 0 bridgehead atoms.